The largest absolute Gasteiger partial charge is 0.386 e. The molecular formula is C8H16N4O. The minimum Gasteiger partial charge on any atom is -0.386 e. The summed E-state index contributed by atoms with van der Waals surface area (Å²) in [5.41, 5.74) is 5.40. The lowest BCUT2D eigenvalue weighted by Gasteiger charge is -2.29. The van der Waals surface area contributed by atoms with Crippen molar-refractivity contribution in [3.05, 3.63) is 0 Å². The first-order chi connectivity index (χ1) is 6.25. The van der Waals surface area contributed by atoms with E-state index in [1.54, 1.807) is 0 Å². The third-order valence-electron chi connectivity index (χ3n) is 2.44. The third-order valence-corrected chi connectivity index (χ3v) is 2.44. The fourth-order valence-corrected chi connectivity index (χ4v) is 1.73. The van der Waals surface area contributed by atoms with Gasteiger partial charge in [0.05, 0.1) is 6.04 Å². The van der Waals surface area contributed by atoms with Gasteiger partial charge in [-0.15, -0.1) is 0 Å². The van der Waals surface area contributed by atoms with E-state index in [9.17, 15) is 4.79 Å². The average molecular weight is 184 g/mol. The zero-order valence-electron chi connectivity index (χ0n) is 7.55. The van der Waals surface area contributed by atoms with Gasteiger partial charge in [-0.25, -0.2) is 0 Å². The number of carbonyl (C=O) groups is 1. The number of amidine groups is 1. The summed E-state index contributed by atoms with van der Waals surface area (Å²) in [4.78, 5) is 10.3. The normalized spacial score (nSPS) is 20.6. The molecule has 0 saturated carbocycles. The van der Waals surface area contributed by atoms with Crippen LogP contribution >= 0.6 is 0 Å². The molecule has 1 rings (SSSR count). The van der Waals surface area contributed by atoms with E-state index in [1.165, 1.54) is 0 Å². The molecule has 1 aliphatic rings. The van der Waals surface area contributed by atoms with Crippen LogP contribution in [-0.2, 0) is 4.79 Å². The number of nitrogens with two attached hydrogens (primary N) is 1. The summed E-state index contributed by atoms with van der Waals surface area (Å²) in [6.07, 6.45) is 2.55. The van der Waals surface area contributed by atoms with Crippen LogP contribution in [0.5, 0.6) is 0 Å². The summed E-state index contributed by atoms with van der Waals surface area (Å²) in [6.45, 7) is 1.88. The van der Waals surface area contributed by atoms with Gasteiger partial charge >= 0.3 is 0 Å². The third kappa shape index (κ3) is 2.69. The lowest BCUT2D eigenvalue weighted by Crippen LogP contribution is -2.48. The van der Waals surface area contributed by atoms with E-state index in [0.717, 1.165) is 25.9 Å². The standard InChI is InChI=1S/C8H16N4O/c9-8(10)7(12-5-13)6-1-3-11-4-2-6/h5-7,11H,1-4H2,(H3,9,10)(H,12,13). The van der Waals surface area contributed by atoms with Crippen molar-refractivity contribution in [2.45, 2.75) is 18.9 Å². The van der Waals surface area contributed by atoms with Crippen molar-refractivity contribution in [1.29, 1.82) is 5.41 Å². The number of hydrogen-bond acceptors (Lipinski definition) is 3. The van der Waals surface area contributed by atoms with E-state index in [1.807, 2.05) is 0 Å². The molecule has 0 spiro atoms. The van der Waals surface area contributed by atoms with E-state index in [4.69, 9.17) is 11.1 Å². The molecule has 1 amide bonds. The maximum Gasteiger partial charge on any atom is 0.207 e. The van der Waals surface area contributed by atoms with Crippen molar-refractivity contribution < 1.29 is 4.79 Å². The van der Waals surface area contributed by atoms with E-state index in [0.29, 0.717) is 12.3 Å². The van der Waals surface area contributed by atoms with Gasteiger partial charge in [-0.3, -0.25) is 10.2 Å². The monoisotopic (exact) mass is 184 g/mol. The molecule has 0 aliphatic carbocycles. The molecule has 1 saturated heterocycles. The Kier molecular flexibility index (Phi) is 3.70. The fraction of sp³-hybridized carbons (Fsp3) is 0.750. The summed E-state index contributed by atoms with van der Waals surface area (Å²) in [7, 11) is 0. The van der Waals surface area contributed by atoms with Crippen molar-refractivity contribution in [3.63, 3.8) is 0 Å². The fourth-order valence-electron chi connectivity index (χ4n) is 1.73. The van der Waals surface area contributed by atoms with Crippen molar-refractivity contribution in [2.24, 2.45) is 11.7 Å². The van der Waals surface area contributed by atoms with Crippen molar-refractivity contribution in [3.8, 4) is 0 Å². The van der Waals surface area contributed by atoms with Crippen LogP contribution in [0.3, 0.4) is 0 Å². The molecule has 0 bridgehead atoms. The van der Waals surface area contributed by atoms with Gasteiger partial charge in [-0.1, -0.05) is 0 Å². The minimum atomic E-state index is -0.278. The first-order valence-corrected chi connectivity index (χ1v) is 4.50. The van der Waals surface area contributed by atoms with Crippen molar-refractivity contribution >= 4 is 12.2 Å². The molecule has 5 nitrogen and oxygen atoms in total. The summed E-state index contributed by atoms with van der Waals surface area (Å²) in [6, 6.07) is -0.278. The molecule has 1 unspecified atom stereocenters. The predicted molar refractivity (Wildman–Crippen MR) is 50.5 cm³/mol. The molecule has 74 valence electrons. The van der Waals surface area contributed by atoms with E-state index in [2.05, 4.69) is 10.6 Å². The van der Waals surface area contributed by atoms with Crippen LogP contribution in [0.15, 0.2) is 0 Å². The Labute approximate surface area is 77.6 Å². The quantitative estimate of drug-likeness (QED) is 0.257. The smallest absolute Gasteiger partial charge is 0.207 e. The second-order valence-corrected chi connectivity index (χ2v) is 3.30. The highest BCUT2D eigenvalue weighted by atomic mass is 16.1. The Balaban J connectivity index is 2.51. The summed E-state index contributed by atoms with van der Waals surface area (Å²) >= 11 is 0. The van der Waals surface area contributed by atoms with E-state index < -0.39 is 0 Å². The highest BCUT2D eigenvalue weighted by Crippen LogP contribution is 2.15. The Morgan fingerprint density at radius 3 is 2.69 bits per heavy atom. The zero-order chi connectivity index (χ0) is 9.68. The Bertz CT molecular complexity index is 189. The molecule has 13 heavy (non-hydrogen) atoms. The van der Waals surface area contributed by atoms with Crippen molar-refractivity contribution in [2.75, 3.05) is 13.1 Å². The molecule has 1 heterocycles. The number of nitrogens with one attached hydrogen (secondary N) is 3. The molecule has 0 radical (unpaired) electrons. The second kappa shape index (κ2) is 4.81. The van der Waals surface area contributed by atoms with Gasteiger partial charge in [0.15, 0.2) is 0 Å². The molecule has 0 aromatic rings. The van der Waals surface area contributed by atoms with Gasteiger partial charge < -0.3 is 16.4 Å². The number of rotatable bonds is 4. The number of carbonyl (C=O) groups excluding carboxylic acids is 1. The Hall–Kier alpha value is -1.10. The molecule has 0 aromatic heterocycles. The van der Waals surface area contributed by atoms with Gasteiger partial charge in [-0.05, 0) is 31.8 Å². The van der Waals surface area contributed by atoms with E-state index in [-0.39, 0.29) is 11.9 Å². The Morgan fingerprint density at radius 2 is 2.23 bits per heavy atom. The van der Waals surface area contributed by atoms with Crippen LogP contribution in [0.4, 0.5) is 0 Å². The van der Waals surface area contributed by atoms with Crippen molar-refractivity contribution in [1.82, 2.24) is 10.6 Å². The van der Waals surface area contributed by atoms with Crippen LogP contribution in [0, 0.1) is 11.3 Å². The zero-order valence-corrected chi connectivity index (χ0v) is 7.55. The predicted octanol–water partition coefficient (Wildman–Crippen LogP) is -0.963. The van der Waals surface area contributed by atoms with Gasteiger partial charge in [0.1, 0.15) is 5.84 Å². The molecule has 1 aliphatic heterocycles. The number of hydrogen-bond donors (Lipinski definition) is 4. The van der Waals surface area contributed by atoms with Crippen LogP contribution in [0.1, 0.15) is 12.8 Å². The molecular weight excluding hydrogens is 168 g/mol. The first-order valence-electron chi connectivity index (χ1n) is 4.50. The van der Waals surface area contributed by atoms with Crippen LogP contribution < -0.4 is 16.4 Å². The number of amides is 1. The van der Waals surface area contributed by atoms with Crippen LogP contribution in [0.2, 0.25) is 0 Å². The molecule has 5 heteroatoms. The maximum absolute atomic E-state index is 10.3. The maximum atomic E-state index is 10.3. The summed E-state index contributed by atoms with van der Waals surface area (Å²) < 4.78 is 0. The lowest BCUT2D eigenvalue weighted by atomic mass is 9.90. The second-order valence-electron chi connectivity index (χ2n) is 3.30. The van der Waals surface area contributed by atoms with Gasteiger partial charge in [0.25, 0.3) is 0 Å². The van der Waals surface area contributed by atoms with Gasteiger partial charge in [-0.2, -0.15) is 0 Å². The first kappa shape index (κ1) is 9.98. The summed E-state index contributed by atoms with van der Waals surface area (Å²) in [5.74, 6) is 0.364. The minimum absolute atomic E-state index is 0.0546. The number of piperidine rings is 1. The topological polar surface area (TPSA) is 91.0 Å². The van der Waals surface area contributed by atoms with Crippen LogP contribution in [-0.4, -0.2) is 31.4 Å². The molecule has 0 aromatic carbocycles. The average Bonchev–Trinajstić information content (AvgIpc) is 2.15. The highest BCUT2D eigenvalue weighted by Gasteiger charge is 2.24. The highest BCUT2D eigenvalue weighted by molar-refractivity contribution is 5.84. The van der Waals surface area contributed by atoms with Crippen LogP contribution in [0.25, 0.3) is 0 Å². The van der Waals surface area contributed by atoms with E-state index >= 15 is 0 Å². The lowest BCUT2D eigenvalue weighted by molar-refractivity contribution is -0.110. The Morgan fingerprint density at radius 1 is 1.62 bits per heavy atom. The molecule has 5 N–H and O–H groups in total. The molecule has 1 atom stereocenters. The SMILES string of the molecule is N=C(N)C(NC=O)C1CCNCC1. The molecule has 1 fully saturated rings. The summed E-state index contributed by atoms with van der Waals surface area (Å²) in [5, 5.41) is 13.1. The van der Waals surface area contributed by atoms with Gasteiger partial charge in [0, 0.05) is 0 Å². The van der Waals surface area contributed by atoms with Gasteiger partial charge in [0.2, 0.25) is 6.41 Å².